The lowest BCUT2D eigenvalue weighted by molar-refractivity contribution is 0.386. The smallest absolute Gasteiger partial charge is 0.231 e. The van der Waals surface area contributed by atoms with Crippen LogP contribution in [0.15, 0.2) is 46.3 Å². The maximum Gasteiger partial charge on any atom is 0.231 e. The molecule has 0 aliphatic heterocycles. The molecule has 0 atom stereocenters. The number of hydrogen-bond donors (Lipinski definition) is 1. The second kappa shape index (κ2) is 4.62. The van der Waals surface area contributed by atoms with Crippen molar-refractivity contribution in [2.24, 2.45) is 0 Å². The molecule has 5 heteroatoms. The van der Waals surface area contributed by atoms with Crippen LogP contribution < -0.4 is 5.73 Å². The quantitative estimate of drug-likeness (QED) is 0.732. The standard InChI is InChI=1S/C13H11N3OS/c14-10-4-1-3-9(7-10)8-12-15-13(16-17-12)11-5-2-6-18-11/h1-7H,8,14H2. The monoisotopic (exact) mass is 257 g/mol. The Kier molecular flexibility index (Phi) is 2.82. The first-order valence-corrected chi connectivity index (χ1v) is 6.40. The number of aromatic nitrogens is 2. The molecule has 0 unspecified atom stereocenters. The molecular formula is C13H11N3OS. The zero-order valence-electron chi connectivity index (χ0n) is 9.54. The number of thiophene rings is 1. The maximum atomic E-state index is 5.73. The average Bonchev–Trinajstić information content (AvgIpc) is 2.98. The van der Waals surface area contributed by atoms with Gasteiger partial charge in [0, 0.05) is 5.69 Å². The van der Waals surface area contributed by atoms with Gasteiger partial charge in [-0.25, -0.2) is 0 Å². The lowest BCUT2D eigenvalue weighted by atomic mass is 10.1. The summed E-state index contributed by atoms with van der Waals surface area (Å²) in [6, 6.07) is 11.6. The van der Waals surface area contributed by atoms with Gasteiger partial charge < -0.3 is 10.3 Å². The molecular weight excluding hydrogens is 246 g/mol. The molecule has 0 saturated heterocycles. The Bertz CT molecular complexity index is 646. The fourth-order valence-electron chi connectivity index (χ4n) is 1.71. The van der Waals surface area contributed by atoms with E-state index in [1.165, 1.54) is 0 Å². The van der Waals surface area contributed by atoms with Crippen LogP contribution in [0.5, 0.6) is 0 Å². The van der Waals surface area contributed by atoms with E-state index in [0.717, 1.165) is 16.1 Å². The van der Waals surface area contributed by atoms with Crippen molar-refractivity contribution in [3.8, 4) is 10.7 Å². The van der Waals surface area contributed by atoms with Crippen LogP contribution in [0.2, 0.25) is 0 Å². The summed E-state index contributed by atoms with van der Waals surface area (Å²) in [4.78, 5) is 5.38. The number of nitrogens with zero attached hydrogens (tertiary/aromatic N) is 2. The van der Waals surface area contributed by atoms with Gasteiger partial charge in [-0.15, -0.1) is 11.3 Å². The number of rotatable bonds is 3. The Balaban J connectivity index is 1.82. The molecule has 2 N–H and O–H groups in total. The molecule has 0 aliphatic carbocycles. The summed E-state index contributed by atoms with van der Waals surface area (Å²) in [5, 5.41) is 5.96. The van der Waals surface area contributed by atoms with Gasteiger partial charge in [0.1, 0.15) is 0 Å². The van der Waals surface area contributed by atoms with Crippen molar-refractivity contribution >= 4 is 17.0 Å². The van der Waals surface area contributed by atoms with Crippen LogP contribution in [0, 0.1) is 0 Å². The Morgan fingerprint density at radius 2 is 2.17 bits per heavy atom. The first-order chi connectivity index (χ1) is 8.81. The molecule has 18 heavy (non-hydrogen) atoms. The van der Waals surface area contributed by atoms with Crippen molar-refractivity contribution in [1.29, 1.82) is 0 Å². The van der Waals surface area contributed by atoms with E-state index >= 15 is 0 Å². The molecule has 4 nitrogen and oxygen atoms in total. The van der Waals surface area contributed by atoms with Crippen LogP contribution in [0.3, 0.4) is 0 Å². The van der Waals surface area contributed by atoms with E-state index in [1.54, 1.807) is 11.3 Å². The van der Waals surface area contributed by atoms with Crippen molar-refractivity contribution in [3.63, 3.8) is 0 Å². The van der Waals surface area contributed by atoms with Crippen molar-refractivity contribution < 1.29 is 4.52 Å². The van der Waals surface area contributed by atoms with Crippen molar-refractivity contribution in [1.82, 2.24) is 10.1 Å². The molecule has 0 radical (unpaired) electrons. The van der Waals surface area contributed by atoms with Gasteiger partial charge in [0.15, 0.2) is 0 Å². The molecule has 2 heterocycles. The zero-order valence-corrected chi connectivity index (χ0v) is 10.4. The highest BCUT2D eigenvalue weighted by molar-refractivity contribution is 7.13. The molecule has 0 amide bonds. The average molecular weight is 257 g/mol. The van der Waals surface area contributed by atoms with Crippen LogP contribution in [-0.2, 0) is 6.42 Å². The Morgan fingerprint density at radius 3 is 2.94 bits per heavy atom. The molecule has 3 aromatic rings. The normalized spacial score (nSPS) is 10.7. The fourth-order valence-corrected chi connectivity index (χ4v) is 2.36. The Labute approximate surface area is 108 Å². The van der Waals surface area contributed by atoms with E-state index in [0.29, 0.717) is 18.1 Å². The predicted molar refractivity (Wildman–Crippen MR) is 71.3 cm³/mol. The molecule has 2 aromatic heterocycles. The van der Waals surface area contributed by atoms with E-state index in [1.807, 2.05) is 41.8 Å². The Hall–Kier alpha value is -2.14. The van der Waals surface area contributed by atoms with Crippen LogP contribution >= 0.6 is 11.3 Å². The highest BCUT2D eigenvalue weighted by Crippen LogP contribution is 2.22. The third kappa shape index (κ3) is 2.26. The molecule has 0 bridgehead atoms. The number of hydrogen-bond acceptors (Lipinski definition) is 5. The number of benzene rings is 1. The van der Waals surface area contributed by atoms with Gasteiger partial charge in [-0.1, -0.05) is 23.4 Å². The predicted octanol–water partition coefficient (Wildman–Crippen LogP) is 2.97. The van der Waals surface area contributed by atoms with Crippen LogP contribution in [0.4, 0.5) is 5.69 Å². The largest absolute Gasteiger partial charge is 0.399 e. The maximum absolute atomic E-state index is 5.73. The topological polar surface area (TPSA) is 64.9 Å². The second-order valence-electron chi connectivity index (χ2n) is 3.91. The molecule has 0 spiro atoms. The number of anilines is 1. The van der Waals surface area contributed by atoms with Gasteiger partial charge in [-0.3, -0.25) is 0 Å². The van der Waals surface area contributed by atoms with E-state index < -0.39 is 0 Å². The zero-order chi connectivity index (χ0) is 12.4. The summed E-state index contributed by atoms with van der Waals surface area (Å²) in [6.07, 6.45) is 0.601. The van der Waals surface area contributed by atoms with E-state index in [9.17, 15) is 0 Å². The number of nitrogen functional groups attached to an aromatic ring is 1. The van der Waals surface area contributed by atoms with Gasteiger partial charge in [-0.2, -0.15) is 4.98 Å². The minimum Gasteiger partial charge on any atom is -0.399 e. The summed E-state index contributed by atoms with van der Waals surface area (Å²) in [7, 11) is 0. The lowest BCUT2D eigenvalue weighted by Gasteiger charge is -1.97. The van der Waals surface area contributed by atoms with Crippen LogP contribution in [0.1, 0.15) is 11.5 Å². The third-order valence-corrected chi connectivity index (χ3v) is 3.38. The van der Waals surface area contributed by atoms with Crippen molar-refractivity contribution in [3.05, 3.63) is 53.2 Å². The first kappa shape index (κ1) is 11.0. The number of nitrogens with two attached hydrogens (primary N) is 1. The van der Waals surface area contributed by atoms with Gasteiger partial charge in [0.05, 0.1) is 11.3 Å². The summed E-state index contributed by atoms with van der Waals surface area (Å²) < 4.78 is 5.24. The van der Waals surface area contributed by atoms with E-state index in [2.05, 4.69) is 10.1 Å². The first-order valence-electron chi connectivity index (χ1n) is 5.52. The third-order valence-electron chi connectivity index (χ3n) is 2.52. The minimum atomic E-state index is 0.601. The lowest BCUT2D eigenvalue weighted by Crippen LogP contribution is -1.91. The summed E-state index contributed by atoms with van der Waals surface area (Å²) >= 11 is 1.59. The molecule has 0 saturated carbocycles. The van der Waals surface area contributed by atoms with Gasteiger partial charge in [0.2, 0.25) is 11.7 Å². The SMILES string of the molecule is Nc1cccc(Cc2nc(-c3cccs3)no2)c1. The summed E-state index contributed by atoms with van der Waals surface area (Å²) in [5.74, 6) is 1.24. The van der Waals surface area contributed by atoms with Crippen LogP contribution in [-0.4, -0.2) is 10.1 Å². The molecule has 90 valence electrons. The Morgan fingerprint density at radius 1 is 1.22 bits per heavy atom. The molecule has 3 rings (SSSR count). The highest BCUT2D eigenvalue weighted by Gasteiger charge is 2.09. The van der Waals surface area contributed by atoms with Crippen LogP contribution in [0.25, 0.3) is 10.7 Å². The minimum absolute atomic E-state index is 0.601. The fraction of sp³-hybridized carbons (Fsp3) is 0.0769. The molecule has 0 aliphatic rings. The van der Waals surface area contributed by atoms with Gasteiger partial charge in [0.25, 0.3) is 0 Å². The van der Waals surface area contributed by atoms with Crippen molar-refractivity contribution in [2.75, 3.05) is 5.73 Å². The summed E-state index contributed by atoms with van der Waals surface area (Å²) in [6.45, 7) is 0. The van der Waals surface area contributed by atoms with Gasteiger partial charge in [-0.05, 0) is 29.1 Å². The highest BCUT2D eigenvalue weighted by atomic mass is 32.1. The van der Waals surface area contributed by atoms with E-state index in [-0.39, 0.29) is 0 Å². The van der Waals surface area contributed by atoms with Gasteiger partial charge >= 0.3 is 0 Å². The summed E-state index contributed by atoms with van der Waals surface area (Å²) in [5.41, 5.74) is 7.54. The second-order valence-corrected chi connectivity index (χ2v) is 4.86. The van der Waals surface area contributed by atoms with Crippen molar-refractivity contribution in [2.45, 2.75) is 6.42 Å². The molecule has 1 aromatic carbocycles. The van der Waals surface area contributed by atoms with E-state index in [4.69, 9.17) is 10.3 Å². The molecule has 0 fully saturated rings.